The Morgan fingerprint density at radius 2 is 1.58 bits per heavy atom. The van der Waals surface area contributed by atoms with Gasteiger partial charge in [0, 0.05) is 49.1 Å². The molecule has 192 valence electrons. The number of ether oxygens (including phenoxy) is 2. The van der Waals surface area contributed by atoms with Crippen molar-refractivity contribution in [1.82, 2.24) is 15.3 Å². The summed E-state index contributed by atoms with van der Waals surface area (Å²) >= 11 is 0. The Balaban J connectivity index is 1.22. The van der Waals surface area contributed by atoms with Crippen molar-refractivity contribution >= 4 is 23.2 Å². The molecule has 2 aromatic heterocycles. The normalized spacial score (nSPS) is 13.0. The minimum Gasteiger partial charge on any atom is -0.395 e. The summed E-state index contributed by atoms with van der Waals surface area (Å²) in [6.45, 7) is 0.663. The van der Waals surface area contributed by atoms with E-state index >= 15 is 0 Å². The molecule has 11 heteroatoms. The second-order valence-corrected chi connectivity index (χ2v) is 8.27. The lowest BCUT2D eigenvalue weighted by molar-refractivity contribution is -0.286. The summed E-state index contributed by atoms with van der Waals surface area (Å²) in [5.41, 5.74) is 3.09. The van der Waals surface area contributed by atoms with Crippen LogP contribution < -0.4 is 25.4 Å². The van der Waals surface area contributed by atoms with Crippen LogP contribution in [-0.4, -0.2) is 28.1 Å². The summed E-state index contributed by atoms with van der Waals surface area (Å²) in [7, 11) is 0. The molecular formula is C27H21F2N5O4. The van der Waals surface area contributed by atoms with Crippen molar-refractivity contribution in [2.75, 3.05) is 10.6 Å². The van der Waals surface area contributed by atoms with Gasteiger partial charge in [-0.15, -0.1) is 8.78 Å². The zero-order valence-electron chi connectivity index (χ0n) is 19.8. The van der Waals surface area contributed by atoms with Crippen molar-refractivity contribution in [1.29, 1.82) is 0 Å². The Hall–Kier alpha value is -5.06. The van der Waals surface area contributed by atoms with E-state index in [4.69, 9.17) is 0 Å². The average Bonchev–Trinajstić information content (AvgIpc) is 3.24. The SMILES string of the molecule is O=C(NCc1ccncc1)c1cc(CNc2ccccc2C(=O)Nc2ccc3c(c2)OC(F)(F)O3)ccn1. The molecule has 0 atom stereocenters. The van der Waals surface area contributed by atoms with Gasteiger partial charge in [0.1, 0.15) is 5.69 Å². The number of nitrogens with one attached hydrogen (secondary N) is 3. The lowest BCUT2D eigenvalue weighted by atomic mass is 10.1. The minimum absolute atomic E-state index is 0.113. The molecule has 0 spiro atoms. The van der Waals surface area contributed by atoms with Gasteiger partial charge < -0.3 is 25.4 Å². The maximum Gasteiger partial charge on any atom is 0.586 e. The first-order chi connectivity index (χ1) is 18.4. The summed E-state index contributed by atoms with van der Waals surface area (Å²) in [5.74, 6) is -1.05. The van der Waals surface area contributed by atoms with Gasteiger partial charge in [-0.05, 0) is 59.7 Å². The topological polar surface area (TPSA) is 114 Å². The molecule has 4 aromatic rings. The predicted molar refractivity (Wildman–Crippen MR) is 134 cm³/mol. The van der Waals surface area contributed by atoms with Gasteiger partial charge in [0.25, 0.3) is 11.8 Å². The molecule has 1 aliphatic rings. The molecule has 0 bridgehead atoms. The molecule has 0 saturated carbocycles. The number of aromatic nitrogens is 2. The number of pyridine rings is 2. The first kappa shape index (κ1) is 24.6. The number of rotatable bonds is 8. The molecule has 0 saturated heterocycles. The van der Waals surface area contributed by atoms with E-state index in [1.165, 1.54) is 18.2 Å². The van der Waals surface area contributed by atoms with Crippen LogP contribution in [0.1, 0.15) is 32.0 Å². The molecule has 3 N–H and O–H groups in total. The van der Waals surface area contributed by atoms with Crippen LogP contribution in [0.15, 0.2) is 85.3 Å². The molecule has 0 aliphatic carbocycles. The molecular weight excluding hydrogens is 496 g/mol. The minimum atomic E-state index is -3.74. The smallest absolute Gasteiger partial charge is 0.395 e. The Morgan fingerprint density at radius 3 is 2.42 bits per heavy atom. The highest BCUT2D eigenvalue weighted by Crippen LogP contribution is 2.42. The Morgan fingerprint density at radius 1 is 0.816 bits per heavy atom. The molecule has 5 rings (SSSR count). The maximum atomic E-state index is 13.3. The lowest BCUT2D eigenvalue weighted by Gasteiger charge is -2.13. The van der Waals surface area contributed by atoms with Crippen molar-refractivity contribution in [2.24, 2.45) is 0 Å². The number of fused-ring (bicyclic) bond motifs is 1. The molecule has 0 fully saturated rings. The van der Waals surface area contributed by atoms with E-state index in [-0.39, 0.29) is 28.8 Å². The average molecular weight is 517 g/mol. The number of halogens is 2. The van der Waals surface area contributed by atoms with Crippen molar-refractivity contribution in [3.8, 4) is 11.5 Å². The van der Waals surface area contributed by atoms with Crippen molar-refractivity contribution in [3.63, 3.8) is 0 Å². The van der Waals surface area contributed by atoms with Crippen LogP contribution in [0.5, 0.6) is 11.5 Å². The van der Waals surface area contributed by atoms with Crippen molar-refractivity contribution in [3.05, 3.63) is 108 Å². The molecule has 2 aromatic carbocycles. The number of benzene rings is 2. The molecule has 2 amide bonds. The predicted octanol–water partition coefficient (Wildman–Crippen LogP) is 4.59. The number of carbonyl (C=O) groups excluding carboxylic acids is 2. The van der Waals surface area contributed by atoms with Crippen LogP contribution >= 0.6 is 0 Å². The summed E-state index contributed by atoms with van der Waals surface area (Å²) in [4.78, 5) is 33.6. The maximum absolute atomic E-state index is 13.3. The van der Waals surface area contributed by atoms with Gasteiger partial charge in [0.15, 0.2) is 11.5 Å². The summed E-state index contributed by atoms with van der Waals surface area (Å²) in [6, 6.07) is 17.9. The molecule has 9 nitrogen and oxygen atoms in total. The van der Waals surface area contributed by atoms with E-state index in [9.17, 15) is 18.4 Å². The van der Waals surface area contributed by atoms with Gasteiger partial charge in [0.05, 0.1) is 5.56 Å². The number of alkyl halides is 2. The summed E-state index contributed by atoms with van der Waals surface area (Å²) in [6.07, 6.45) is 1.11. The lowest BCUT2D eigenvalue weighted by Crippen LogP contribution is -2.25. The monoisotopic (exact) mass is 517 g/mol. The van der Waals surface area contributed by atoms with E-state index in [1.807, 2.05) is 12.1 Å². The molecule has 0 unspecified atom stereocenters. The third kappa shape index (κ3) is 5.84. The van der Waals surface area contributed by atoms with Gasteiger partial charge >= 0.3 is 6.29 Å². The first-order valence-corrected chi connectivity index (χ1v) is 11.5. The molecule has 1 aliphatic heterocycles. The van der Waals surface area contributed by atoms with Crippen molar-refractivity contribution < 1.29 is 27.8 Å². The van der Waals surface area contributed by atoms with Gasteiger partial charge in [-0.25, -0.2) is 0 Å². The van der Waals surface area contributed by atoms with E-state index < -0.39 is 12.2 Å². The third-order valence-electron chi connectivity index (χ3n) is 5.57. The van der Waals surface area contributed by atoms with Crippen LogP contribution in [0.4, 0.5) is 20.2 Å². The van der Waals surface area contributed by atoms with Crippen LogP contribution in [0, 0.1) is 0 Å². The standard InChI is InChI=1S/C27H21F2N5O4/c28-27(29)37-23-6-5-19(14-24(23)38-27)34-25(35)20-3-1-2-4-21(20)32-16-18-9-12-31-22(13-18)26(36)33-15-17-7-10-30-11-8-17/h1-14,32H,15-16H2,(H,33,36)(H,34,35). The number of carbonyl (C=O) groups is 2. The fraction of sp³-hybridized carbons (Fsp3) is 0.111. The van der Waals surface area contributed by atoms with Gasteiger partial charge in [-0.2, -0.15) is 0 Å². The fourth-order valence-corrected chi connectivity index (χ4v) is 3.74. The number of hydrogen-bond donors (Lipinski definition) is 3. The van der Waals surface area contributed by atoms with Gasteiger partial charge in [-0.1, -0.05) is 12.1 Å². The van der Waals surface area contributed by atoms with Crippen LogP contribution in [0.25, 0.3) is 0 Å². The molecule has 3 heterocycles. The fourth-order valence-electron chi connectivity index (χ4n) is 3.74. The highest BCUT2D eigenvalue weighted by Gasteiger charge is 2.43. The largest absolute Gasteiger partial charge is 0.586 e. The van der Waals surface area contributed by atoms with E-state index in [1.54, 1.807) is 55.0 Å². The summed E-state index contributed by atoms with van der Waals surface area (Å²) < 4.78 is 35.4. The van der Waals surface area contributed by atoms with Gasteiger partial charge in [0.2, 0.25) is 0 Å². The van der Waals surface area contributed by atoms with Crippen LogP contribution in [-0.2, 0) is 13.1 Å². The highest BCUT2D eigenvalue weighted by molar-refractivity contribution is 6.08. The zero-order valence-corrected chi connectivity index (χ0v) is 19.8. The molecule has 0 radical (unpaired) electrons. The quantitative estimate of drug-likeness (QED) is 0.313. The Kier molecular flexibility index (Phi) is 6.81. The number of amides is 2. The number of para-hydroxylation sites is 1. The molecule has 38 heavy (non-hydrogen) atoms. The second kappa shape index (κ2) is 10.5. The second-order valence-electron chi connectivity index (χ2n) is 8.27. The van der Waals surface area contributed by atoms with Crippen LogP contribution in [0.3, 0.4) is 0 Å². The number of hydrogen-bond acceptors (Lipinski definition) is 7. The third-order valence-corrected chi connectivity index (χ3v) is 5.57. The van der Waals surface area contributed by atoms with Crippen LogP contribution in [0.2, 0.25) is 0 Å². The highest BCUT2D eigenvalue weighted by atomic mass is 19.3. The number of anilines is 2. The number of nitrogens with zero attached hydrogens (tertiary/aromatic N) is 2. The van der Waals surface area contributed by atoms with E-state index in [0.717, 1.165) is 11.1 Å². The van der Waals surface area contributed by atoms with E-state index in [2.05, 4.69) is 35.4 Å². The Bertz CT molecular complexity index is 1480. The van der Waals surface area contributed by atoms with Gasteiger partial charge in [-0.3, -0.25) is 19.6 Å². The summed E-state index contributed by atoms with van der Waals surface area (Å²) in [5, 5.41) is 8.70. The zero-order chi connectivity index (χ0) is 26.5. The van der Waals surface area contributed by atoms with E-state index in [0.29, 0.717) is 24.3 Å². The van der Waals surface area contributed by atoms with Crippen molar-refractivity contribution in [2.45, 2.75) is 19.4 Å². The first-order valence-electron chi connectivity index (χ1n) is 11.5. The Labute approximate surface area is 215 Å².